The van der Waals surface area contributed by atoms with E-state index in [0.717, 1.165) is 23.4 Å². The number of nitrogens with zero attached hydrogens (tertiary/aromatic N) is 2. The number of nitrogens with one attached hydrogen (secondary N) is 1. The van der Waals surface area contributed by atoms with Crippen molar-refractivity contribution < 1.29 is 9.47 Å². The van der Waals surface area contributed by atoms with Crippen molar-refractivity contribution >= 4 is 0 Å². The van der Waals surface area contributed by atoms with Gasteiger partial charge in [-0.25, -0.2) is 9.97 Å². The number of ether oxygens (including phenoxy) is 2. The molecule has 0 fully saturated rings. The number of methoxy groups -OCH3 is 2. The van der Waals surface area contributed by atoms with Crippen molar-refractivity contribution in [2.24, 2.45) is 0 Å². The van der Waals surface area contributed by atoms with Gasteiger partial charge < -0.3 is 14.8 Å². The normalized spacial score (nSPS) is 11.9. The van der Waals surface area contributed by atoms with E-state index in [0.29, 0.717) is 5.75 Å². The summed E-state index contributed by atoms with van der Waals surface area (Å²) < 4.78 is 10.6. The van der Waals surface area contributed by atoms with E-state index in [1.54, 1.807) is 14.2 Å². The summed E-state index contributed by atoms with van der Waals surface area (Å²) in [6, 6.07) is 5.92. The second kappa shape index (κ2) is 6.86. The van der Waals surface area contributed by atoms with Crippen molar-refractivity contribution in [2.45, 2.75) is 13.0 Å². The van der Waals surface area contributed by atoms with Gasteiger partial charge >= 0.3 is 0 Å². The first kappa shape index (κ1) is 14.3. The minimum absolute atomic E-state index is 0.0287. The van der Waals surface area contributed by atoms with Crippen LogP contribution in [0.3, 0.4) is 0 Å². The Morgan fingerprint density at radius 1 is 1.05 bits per heavy atom. The molecule has 1 aromatic carbocycles. The summed E-state index contributed by atoms with van der Waals surface area (Å²) in [7, 11) is 3.26. The largest absolute Gasteiger partial charge is 0.493 e. The Morgan fingerprint density at radius 3 is 2.35 bits per heavy atom. The molecule has 0 bridgehead atoms. The van der Waals surface area contributed by atoms with E-state index in [4.69, 9.17) is 9.47 Å². The molecular weight excluding hydrogens is 254 g/mol. The van der Waals surface area contributed by atoms with Crippen LogP contribution in [0.2, 0.25) is 0 Å². The standard InChI is InChI=1S/C15H19N3O2/c1-4-18-15(12-8-16-10-17-9-12)11-5-6-13(19-2)14(7-11)20-3/h5-10,15,18H,4H2,1-3H3. The Hall–Kier alpha value is -2.14. The van der Waals surface area contributed by atoms with Crippen molar-refractivity contribution in [1.82, 2.24) is 15.3 Å². The second-order valence-electron chi connectivity index (χ2n) is 4.28. The number of hydrogen-bond donors (Lipinski definition) is 1. The van der Waals surface area contributed by atoms with Gasteiger partial charge in [0.1, 0.15) is 6.33 Å². The molecular formula is C15H19N3O2. The van der Waals surface area contributed by atoms with Crippen LogP contribution in [0.15, 0.2) is 36.9 Å². The topological polar surface area (TPSA) is 56.3 Å². The lowest BCUT2D eigenvalue weighted by molar-refractivity contribution is 0.354. The lowest BCUT2D eigenvalue weighted by Crippen LogP contribution is -2.22. The molecule has 0 aliphatic heterocycles. The summed E-state index contributed by atoms with van der Waals surface area (Å²) >= 11 is 0. The molecule has 5 heteroatoms. The lowest BCUT2D eigenvalue weighted by Gasteiger charge is -2.19. The monoisotopic (exact) mass is 273 g/mol. The highest BCUT2D eigenvalue weighted by molar-refractivity contribution is 5.45. The number of aromatic nitrogens is 2. The van der Waals surface area contributed by atoms with Crippen LogP contribution >= 0.6 is 0 Å². The highest BCUT2D eigenvalue weighted by Crippen LogP contribution is 2.31. The van der Waals surface area contributed by atoms with Crippen molar-refractivity contribution in [3.05, 3.63) is 48.0 Å². The summed E-state index contributed by atoms with van der Waals surface area (Å²) in [6.45, 7) is 2.91. The van der Waals surface area contributed by atoms with Crippen LogP contribution < -0.4 is 14.8 Å². The Balaban J connectivity index is 2.39. The van der Waals surface area contributed by atoms with Crippen LogP contribution in [-0.2, 0) is 0 Å². The molecule has 1 atom stereocenters. The zero-order valence-corrected chi connectivity index (χ0v) is 12.0. The van der Waals surface area contributed by atoms with Gasteiger partial charge in [0.2, 0.25) is 0 Å². The maximum Gasteiger partial charge on any atom is 0.161 e. The van der Waals surface area contributed by atoms with Gasteiger partial charge in [0.15, 0.2) is 11.5 Å². The number of hydrogen-bond acceptors (Lipinski definition) is 5. The van der Waals surface area contributed by atoms with Gasteiger partial charge in [-0.3, -0.25) is 0 Å². The summed E-state index contributed by atoms with van der Waals surface area (Å²) in [5.41, 5.74) is 2.10. The molecule has 1 unspecified atom stereocenters. The highest BCUT2D eigenvalue weighted by atomic mass is 16.5. The first-order chi connectivity index (χ1) is 9.80. The third kappa shape index (κ3) is 3.05. The molecule has 1 heterocycles. The molecule has 106 valence electrons. The lowest BCUT2D eigenvalue weighted by atomic mass is 10.0. The van der Waals surface area contributed by atoms with E-state index >= 15 is 0 Å². The SMILES string of the molecule is CCNC(c1cncnc1)c1ccc(OC)c(OC)c1. The van der Waals surface area contributed by atoms with E-state index in [-0.39, 0.29) is 6.04 Å². The van der Waals surface area contributed by atoms with Gasteiger partial charge in [0.05, 0.1) is 20.3 Å². The molecule has 0 amide bonds. The number of benzene rings is 1. The molecule has 2 aromatic rings. The van der Waals surface area contributed by atoms with Gasteiger partial charge in [-0.15, -0.1) is 0 Å². The van der Waals surface area contributed by atoms with Crippen molar-refractivity contribution in [1.29, 1.82) is 0 Å². The Labute approximate surface area is 119 Å². The van der Waals surface area contributed by atoms with Crippen LogP contribution in [0.1, 0.15) is 24.1 Å². The second-order valence-corrected chi connectivity index (χ2v) is 4.28. The van der Waals surface area contributed by atoms with Crippen LogP contribution in [-0.4, -0.2) is 30.7 Å². The molecule has 1 aromatic heterocycles. The Morgan fingerprint density at radius 2 is 1.75 bits per heavy atom. The van der Waals surface area contributed by atoms with E-state index < -0.39 is 0 Å². The van der Waals surface area contributed by atoms with Gasteiger partial charge in [0, 0.05) is 18.0 Å². The molecule has 1 N–H and O–H groups in total. The Kier molecular flexibility index (Phi) is 4.90. The zero-order chi connectivity index (χ0) is 14.4. The predicted octanol–water partition coefficient (Wildman–Crippen LogP) is 2.19. The number of rotatable bonds is 6. The minimum Gasteiger partial charge on any atom is -0.493 e. The maximum absolute atomic E-state index is 5.36. The highest BCUT2D eigenvalue weighted by Gasteiger charge is 2.16. The fraction of sp³-hybridized carbons (Fsp3) is 0.333. The summed E-state index contributed by atoms with van der Waals surface area (Å²) in [5, 5.41) is 3.43. The molecule has 0 spiro atoms. The zero-order valence-electron chi connectivity index (χ0n) is 12.0. The molecule has 20 heavy (non-hydrogen) atoms. The molecule has 5 nitrogen and oxygen atoms in total. The average molecular weight is 273 g/mol. The van der Waals surface area contributed by atoms with E-state index in [1.165, 1.54) is 6.33 Å². The predicted molar refractivity (Wildman–Crippen MR) is 77.1 cm³/mol. The molecule has 0 saturated carbocycles. The van der Waals surface area contributed by atoms with E-state index in [1.807, 2.05) is 30.6 Å². The third-order valence-corrected chi connectivity index (χ3v) is 3.06. The Bertz CT molecular complexity index is 546. The molecule has 0 saturated heterocycles. The van der Waals surface area contributed by atoms with Crippen molar-refractivity contribution in [3.63, 3.8) is 0 Å². The van der Waals surface area contributed by atoms with Gasteiger partial charge in [-0.2, -0.15) is 0 Å². The van der Waals surface area contributed by atoms with Gasteiger partial charge in [-0.1, -0.05) is 13.0 Å². The summed E-state index contributed by atoms with van der Waals surface area (Å²) in [6.07, 6.45) is 5.16. The van der Waals surface area contributed by atoms with Crippen LogP contribution in [0.25, 0.3) is 0 Å². The minimum atomic E-state index is 0.0287. The quantitative estimate of drug-likeness (QED) is 0.874. The van der Waals surface area contributed by atoms with Crippen molar-refractivity contribution in [3.8, 4) is 11.5 Å². The maximum atomic E-state index is 5.36. The molecule has 2 rings (SSSR count). The van der Waals surface area contributed by atoms with E-state index in [9.17, 15) is 0 Å². The van der Waals surface area contributed by atoms with Crippen LogP contribution in [0.5, 0.6) is 11.5 Å². The van der Waals surface area contributed by atoms with E-state index in [2.05, 4.69) is 22.2 Å². The first-order valence-electron chi connectivity index (χ1n) is 6.50. The molecule has 0 aliphatic rings. The first-order valence-corrected chi connectivity index (χ1v) is 6.50. The summed E-state index contributed by atoms with van der Waals surface area (Å²) in [5.74, 6) is 1.43. The van der Waals surface area contributed by atoms with Gasteiger partial charge in [0.25, 0.3) is 0 Å². The fourth-order valence-corrected chi connectivity index (χ4v) is 2.12. The van der Waals surface area contributed by atoms with Crippen LogP contribution in [0.4, 0.5) is 0 Å². The average Bonchev–Trinajstić information content (AvgIpc) is 2.52. The molecule has 0 radical (unpaired) electrons. The third-order valence-electron chi connectivity index (χ3n) is 3.06. The van der Waals surface area contributed by atoms with Gasteiger partial charge in [-0.05, 0) is 24.2 Å². The fourth-order valence-electron chi connectivity index (χ4n) is 2.12. The van der Waals surface area contributed by atoms with Crippen LogP contribution in [0, 0.1) is 0 Å². The van der Waals surface area contributed by atoms with Crippen molar-refractivity contribution in [2.75, 3.05) is 20.8 Å². The smallest absolute Gasteiger partial charge is 0.161 e. The molecule has 0 aliphatic carbocycles. The summed E-state index contributed by atoms with van der Waals surface area (Å²) in [4.78, 5) is 8.17.